The average molecular weight is 256 g/mol. The molecule has 4 N–H and O–H groups in total. The molecule has 0 radical (unpaired) electrons. The highest BCUT2D eigenvalue weighted by Crippen LogP contribution is 2.09. The second-order valence-electron chi connectivity index (χ2n) is 4.05. The van der Waals surface area contributed by atoms with Crippen molar-refractivity contribution in [1.82, 2.24) is 0 Å². The highest BCUT2D eigenvalue weighted by molar-refractivity contribution is 7.90. The van der Waals surface area contributed by atoms with E-state index in [4.69, 9.17) is 11.5 Å². The molecule has 5 nitrogen and oxygen atoms in total. The Kier molecular flexibility index (Phi) is 4.25. The third-order valence-electron chi connectivity index (χ3n) is 2.27. The molecule has 0 aliphatic carbocycles. The number of sulfone groups is 1. The van der Waals surface area contributed by atoms with Crippen LogP contribution in [0.4, 0.5) is 0 Å². The Bertz CT molecular complexity index is 511. The van der Waals surface area contributed by atoms with Crippen molar-refractivity contribution in [3.63, 3.8) is 0 Å². The molecule has 94 valence electrons. The zero-order valence-corrected chi connectivity index (χ0v) is 10.4. The number of hydrogen-bond acceptors (Lipinski definition) is 4. The van der Waals surface area contributed by atoms with Gasteiger partial charge >= 0.3 is 0 Å². The van der Waals surface area contributed by atoms with Gasteiger partial charge in [-0.1, -0.05) is 29.8 Å². The van der Waals surface area contributed by atoms with Crippen LogP contribution in [0.25, 0.3) is 0 Å². The molecule has 0 fully saturated rings. The maximum Gasteiger partial charge on any atom is 0.235 e. The van der Waals surface area contributed by atoms with Crippen LogP contribution in [0.15, 0.2) is 24.3 Å². The first-order chi connectivity index (χ1) is 7.80. The molecule has 0 bridgehead atoms. The van der Waals surface area contributed by atoms with Gasteiger partial charge in [0.1, 0.15) is 0 Å². The molecule has 1 aromatic carbocycles. The quantitative estimate of drug-likeness (QED) is 0.756. The lowest BCUT2D eigenvalue weighted by atomic mass is 10.2. The highest BCUT2D eigenvalue weighted by atomic mass is 32.2. The summed E-state index contributed by atoms with van der Waals surface area (Å²) in [7, 11) is -3.42. The van der Waals surface area contributed by atoms with Crippen molar-refractivity contribution in [2.24, 2.45) is 11.5 Å². The molecule has 0 aliphatic heterocycles. The second kappa shape index (κ2) is 5.29. The van der Waals surface area contributed by atoms with Crippen molar-refractivity contribution in [3.8, 4) is 0 Å². The first kappa shape index (κ1) is 13.7. The summed E-state index contributed by atoms with van der Waals surface area (Å²) in [6.07, 6.45) is 0. The molecule has 0 saturated heterocycles. The van der Waals surface area contributed by atoms with E-state index >= 15 is 0 Å². The number of hydrogen-bond donors (Lipinski definition) is 2. The smallest absolute Gasteiger partial charge is 0.235 e. The van der Waals surface area contributed by atoms with Crippen molar-refractivity contribution in [1.29, 1.82) is 0 Å². The third-order valence-corrected chi connectivity index (χ3v) is 3.91. The van der Waals surface area contributed by atoms with E-state index in [9.17, 15) is 13.2 Å². The van der Waals surface area contributed by atoms with Crippen molar-refractivity contribution in [3.05, 3.63) is 35.4 Å². The van der Waals surface area contributed by atoms with Gasteiger partial charge < -0.3 is 11.5 Å². The van der Waals surface area contributed by atoms with Crippen LogP contribution in [0.2, 0.25) is 0 Å². The SMILES string of the molecule is Cc1cccc(CS(=O)(=O)CC(N)C(N)=O)c1. The monoisotopic (exact) mass is 256 g/mol. The molecule has 6 heteroatoms. The molecule has 0 heterocycles. The molecule has 1 atom stereocenters. The fraction of sp³-hybridized carbons (Fsp3) is 0.364. The molecule has 0 aliphatic rings. The Morgan fingerprint density at radius 1 is 1.41 bits per heavy atom. The number of amides is 1. The highest BCUT2D eigenvalue weighted by Gasteiger charge is 2.20. The Balaban J connectivity index is 2.77. The van der Waals surface area contributed by atoms with Gasteiger partial charge in [-0.2, -0.15) is 0 Å². The van der Waals surface area contributed by atoms with Gasteiger partial charge in [0.2, 0.25) is 5.91 Å². The first-order valence-corrected chi connectivity index (χ1v) is 6.93. The van der Waals surface area contributed by atoms with Crippen molar-refractivity contribution >= 4 is 15.7 Å². The van der Waals surface area contributed by atoms with Gasteiger partial charge in [-0.3, -0.25) is 4.79 Å². The topological polar surface area (TPSA) is 103 Å². The van der Waals surface area contributed by atoms with E-state index in [1.54, 1.807) is 18.2 Å². The summed E-state index contributed by atoms with van der Waals surface area (Å²) in [6, 6.07) is 6.03. The van der Waals surface area contributed by atoms with Crippen LogP contribution in [0.5, 0.6) is 0 Å². The molecule has 1 unspecified atom stereocenters. The van der Waals surface area contributed by atoms with Gasteiger partial charge in [0, 0.05) is 0 Å². The van der Waals surface area contributed by atoms with Crippen molar-refractivity contribution in [2.45, 2.75) is 18.7 Å². The Morgan fingerprint density at radius 3 is 2.59 bits per heavy atom. The minimum absolute atomic E-state index is 0.129. The molecule has 0 saturated carbocycles. The molecule has 1 rings (SSSR count). The minimum atomic E-state index is -3.42. The lowest BCUT2D eigenvalue weighted by Gasteiger charge is -2.09. The van der Waals surface area contributed by atoms with Gasteiger partial charge in [-0.15, -0.1) is 0 Å². The van der Waals surface area contributed by atoms with Crippen LogP contribution in [0, 0.1) is 6.92 Å². The van der Waals surface area contributed by atoms with Gasteiger partial charge in [0.15, 0.2) is 9.84 Å². The Hall–Kier alpha value is -1.40. The normalized spacial score (nSPS) is 13.3. The van der Waals surface area contributed by atoms with E-state index in [0.717, 1.165) is 5.56 Å². The summed E-state index contributed by atoms with van der Waals surface area (Å²) in [4.78, 5) is 10.7. The van der Waals surface area contributed by atoms with E-state index in [-0.39, 0.29) is 5.75 Å². The lowest BCUT2D eigenvalue weighted by molar-refractivity contribution is -0.118. The van der Waals surface area contributed by atoms with Crippen LogP contribution >= 0.6 is 0 Å². The molecule has 17 heavy (non-hydrogen) atoms. The maximum atomic E-state index is 11.7. The predicted molar refractivity (Wildman–Crippen MR) is 65.8 cm³/mol. The van der Waals surface area contributed by atoms with Crippen LogP contribution in [-0.2, 0) is 20.4 Å². The van der Waals surface area contributed by atoms with E-state index in [2.05, 4.69) is 0 Å². The molecule has 1 amide bonds. The van der Waals surface area contributed by atoms with E-state index in [1.807, 2.05) is 13.0 Å². The summed E-state index contributed by atoms with van der Waals surface area (Å²) in [6.45, 7) is 1.88. The number of carbonyl (C=O) groups excluding carboxylic acids is 1. The van der Waals surface area contributed by atoms with Crippen molar-refractivity contribution in [2.75, 3.05) is 5.75 Å². The summed E-state index contributed by atoms with van der Waals surface area (Å²) >= 11 is 0. The fourth-order valence-electron chi connectivity index (χ4n) is 1.47. The van der Waals surface area contributed by atoms with Gasteiger partial charge in [0.05, 0.1) is 17.5 Å². The largest absolute Gasteiger partial charge is 0.368 e. The molecule has 0 aromatic heterocycles. The lowest BCUT2D eigenvalue weighted by Crippen LogP contribution is -2.42. The number of primary amides is 1. The van der Waals surface area contributed by atoms with Crippen LogP contribution < -0.4 is 11.5 Å². The molecule has 0 spiro atoms. The fourth-order valence-corrected chi connectivity index (χ4v) is 2.99. The van der Waals surface area contributed by atoms with Crippen LogP contribution in [0.1, 0.15) is 11.1 Å². The standard InChI is InChI=1S/C11H16N2O3S/c1-8-3-2-4-9(5-8)6-17(15,16)7-10(12)11(13)14/h2-5,10H,6-7,12H2,1H3,(H2,13,14). The summed E-state index contributed by atoms with van der Waals surface area (Å²) < 4.78 is 23.5. The third kappa shape index (κ3) is 4.54. The zero-order valence-electron chi connectivity index (χ0n) is 9.59. The van der Waals surface area contributed by atoms with Gasteiger partial charge in [-0.25, -0.2) is 8.42 Å². The number of benzene rings is 1. The second-order valence-corrected chi connectivity index (χ2v) is 6.16. The minimum Gasteiger partial charge on any atom is -0.368 e. The van der Waals surface area contributed by atoms with Crippen molar-refractivity contribution < 1.29 is 13.2 Å². The first-order valence-electron chi connectivity index (χ1n) is 5.11. The van der Waals surface area contributed by atoms with E-state index in [1.165, 1.54) is 0 Å². The Labute approximate surface area is 101 Å². The predicted octanol–water partition coefficient (Wildman–Crippen LogP) is -0.278. The van der Waals surface area contributed by atoms with E-state index < -0.39 is 27.5 Å². The maximum absolute atomic E-state index is 11.7. The van der Waals surface area contributed by atoms with Gasteiger partial charge in [0.25, 0.3) is 0 Å². The van der Waals surface area contributed by atoms with Gasteiger partial charge in [-0.05, 0) is 12.5 Å². The molecule has 1 aromatic rings. The van der Waals surface area contributed by atoms with Crippen LogP contribution in [-0.4, -0.2) is 26.1 Å². The Morgan fingerprint density at radius 2 is 2.06 bits per heavy atom. The summed E-state index contributed by atoms with van der Waals surface area (Å²) in [5.74, 6) is -1.36. The molecular weight excluding hydrogens is 240 g/mol. The van der Waals surface area contributed by atoms with Crippen LogP contribution in [0.3, 0.4) is 0 Å². The summed E-state index contributed by atoms with van der Waals surface area (Å²) in [5, 5.41) is 0. The summed E-state index contributed by atoms with van der Waals surface area (Å²) in [5.41, 5.74) is 11.9. The average Bonchev–Trinajstić information content (AvgIpc) is 2.15. The molecular formula is C11H16N2O3S. The van der Waals surface area contributed by atoms with E-state index in [0.29, 0.717) is 5.56 Å². The zero-order chi connectivity index (χ0) is 13.1. The number of nitrogens with two attached hydrogens (primary N) is 2. The number of rotatable bonds is 5. The number of carbonyl (C=O) groups is 1. The number of aryl methyl sites for hydroxylation is 1.